The van der Waals surface area contributed by atoms with Crippen LogP contribution in [0.5, 0.6) is 11.5 Å². The first kappa shape index (κ1) is 19.7. The largest absolute Gasteiger partial charge is 0.496 e. The van der Waals surface area contributed by atoms with Crippen LogP contribution in [0, 0.1) is 11.3 Å². The average molecular weight is 461 g/mol. The molecule has 0 saturated carbocycles. The molecule has 0 aliphatic heterocycles. The number of halogens is 2. The molecule has 3 aromatic rings. The molecule has 0 aliphatic rings. The maximum atomic E-state index is 9.41. The summed E-state index contributed by atoms with van der Waals surface area (Å²) in [5.41, 5.74) is 13.4. The molecular weight excluding hydrogens is 446 g/mol. The van der Waals surface area contributed by atoms with Crippen LogP contribution in [0.1, 0.15) is 11.1 Å². The zero-order valence-electron chi connectivity index (χ0n) is 14.7. The normalized spacial score (nSPS) is 10.4. The second-order valence-electron chi connectivity index (χ2n) is 5.69. The summed E-state index contributed by atoms with van der Waals surface area (Å²) in [5, 5.41) is 9.89. The van der Waals surface area contributed by atoms with Gasteiger partial charge in [-0.15, -0.1) is 0 Å². The number of nitrogens with zero attached hydrogens (tertiary/aromatic N) is 3. The SMILES string of the molecule is COc1ccc(-c2nc(N)nc(N)c2C#N)cc1COc1ccc(Br)cc1Cl. The number of benzene rings is 2. The highest BCUT2D eigenvalue weighted by atomic mass is 79.9. The zero-order chi connectivity index (χ0) is 20.3. The minimum Gasteiger partial charge on any atom is -0.496 e. The first-order valence-electron chi connectivity index (χ1n) is 8.01. The van der Waals surface area contributed by atoms with Crippen molar-refractivity contribution in [2.75, 3.05) is 18.6 Å². The number of hydrogen-bond donors (Lipinski definition) is 2. The molecular formula is C19H15BrClN5O2. The van der Waals surface area contributed by atoms with Gasteiger partial charge in [0.25, 0.3) is 0 Å². The molecule has 0 amide bonds. The van der Waals surface area contributed by atoms with Crippen LogP contribution in [-0.2, 0) is 6.61 Å². The molecule has 0 unspecified atom stereocenters. The molecule has 2 aromatic carbocycles. The Balaban J connectivity index is 1.98. The van der Waals surface area contributed by atoms with E-state index in [2.05, 4.69) is 25.9 Å². The Kier molecular flexibility index (Phi) is 5.87. The molecule has 0 radical (unpaired) electrons. The Morgan fingerprint density at radius 1 is 1.14 bits per heavy atom. The summed E-state index contributed by atoms with van der Waals surface area (Å²) in [5.74, 6) is 1.16. The highest BCUT2D eigenvalue weighted by Crippen LogP contribution is 2.32. The monoisotopic (exact) mass is 459 g/mol. The molecule has 142 valence electrons. The molecule has 0 spiro atoms. The molecule has 28 heavy (non-hydrogen) atoms. The van der Waals surface area contributed by atoms with Crippen LogP contribution in [-0.4, -0.2) is 17.1 Å². The van der Waals surface area contributed by atoms with Crippen molar-refractivity contribution in [3.63, 3.8) is 0 Å². The van der Waals surface area contributed by atoms with Crippen LogP contribution >= 0.6 is 27.5 Å². The van der Waals surface area contributed by atoms with Crippen molar-refractivity contribution in [3.05, 3.63) is 57.0 Å². The van der Waals surface area contributed by atoms with Gasteiger partial charge in [-0.2, -0.15) is 10.2 Å². The number of methoxy groups -OCH3 is 1. The maximum Gasteiger partial charge on any atom is 0.222 e. The molecule has 0 saturated heterocycles. The number of ether oxygens (including phenoxy) is 2. The van der Waals surface area contributed by atoms with E-state index < -0.39 is 0 Å². The summed E-state index contributed by atoms with van der Waals surface area (Å²) in [6.45, 7) is 0.191. The number of rotatable bonds is 5. The van der Waals surface area contributed by atoms with Crippen molar-refractivity contribution in [1.29, 1.82) is 5.26 Å². The highest BCUT2D eigenvalue weighted by molar-refractivity contribution is 9.10. The first-order valence-corrected chi connectivity index (χ1v) is 9.18. The lowest BCUT2D eigenvalue weighted by atomic mass is 10.0. The van der Waals surface area contributed by atoms with Gasteiger partial charge in [0, 0.05) is 15.6 Å². The standard InChI is InChI=1S/C19H15BrClN5O2/c1-27-15-4-2-10(17-13(8-22)18(23)26-19(24)25-17)6-11(15)9-28-16-5-3-12(20)7-14(16)21/h2-7H,9H2,1H3,(H4,23,24,25,26). The molecule has 1 heterocycles. The quantitative estimate of drug-likeness (QED) is 0.586. The minimum atomic E-state index is -0.0123. The summed E-state index contributed by atoms with van der Waals surface area (Å²) in [7, 11) is 1.56. The van der Waals surface area contributed by atoms with Crippen LogP contribution < -0.4 is 20.9 Å². The molecule has 0 aliphatic carbocycles. The fourth-order valence-corrected chi connectivity index (χ4v) is 3.33. The van der Waals surface area contributed by atoms with E-state index in [0.717, 1.165) is 10.0 Å². The van der Waals surface area contributed by atoms with Gasteiger partial charge in [0.05, 0.1) is 17.8 Å². The second-order valence-corrected chi connectivity index (χ2v) is 7.02. The van der Waals surface area contributed by atoms with Crippen LogP contribution in [0.2, 0.25) is 5.02 Å². The lowest BCUT2D eigenvalue weighted by Gasteiger charge is -2.14. The minimum absolute atomic E-state index is 0.0123. The van der Waals surface area contributed by atoms with Gasteiger partial charge >= 0.3 is 0 Å². The Morgan fingerprint density at radius 3 is 2.57 bits per heavy atom. The fourth-order valence-electron chi connectivity index (χ4n) is 2.60. The maximum absolute atomic E-state index is 9.41. The van der Waals surface area contributed by atoms with Crippen molar-refractivity contribution in [3.8, 4) is 28.8 Å². The van der Waals surface area contributed by atoms with E-state index in [1.807, 2.05) is 12.1 Å². The number of nitrogens with two attached hydrogens (primary N) is 2. The molecule has 4 N–H and O–H groups in total. The van der Waals surface area contributed by atoms with Crippen LogP contribution in [0.4, 0.5) is 11.8 Å². The summed E-state index contributed by atoms with van der Waals surface area (Å²) in [6, 6.07) is 12.7. The Bertz CT molecular complexity index is 1080. The predicted molar refractivity (Wildman–Crippen MR) is 111 cm³/mol. The topological polar surface area (TPSA) is 120 Å². The molecule has 0 bridgehead atoms. The molecule has 0 atom stereocenters. The van der Waals surface area contributed by atoms with Gasteiger partial charge in [0.1, 0.15) is 35.6 Å². The van der Waals surface area contributed by atoms with Gasteiger partial charge in [-0.05, 0) is 36.4 Å². The number of aromatic nitrogens is 2. The van der Waals surface area contributed by atoms with Crippen molar-refractivity contribution in [1.82, 2.24) is 9.97 Å². The molecule has 0 fully saturated rings. The van der Waals surface area contributed by atoms with Gasteiger partial charge in [0.15, 0.2) is 0 Å². The number of anilines is 2. The molecule has 9 heteroatoms. The zero-order valence-corrected chi connectivity index (χ0v) is 17.1. The van der Waals surface area contributed by atoms with Crippen molar-refractivity contribution >= 4 is 39.3 Å². The summed E-state index contributed by atoms with van der Waals surface area (Å²) < 4.78 is 12.1. The number of nitrogen functional groups attached to an aromatic ring is 2. The summed E-state index contributed by atoms with van der Waals surface area (Å²) in [4.78, 5) is 8.00. The second kappa shape index (κ2) is 8.33. The lowest BCUT2D eigenvalue weighted by molar-refractivity contribution is 0.297. The lowest BCUT2D eigenvalue weighted by Crippen LogP contribution is -2.05. The Morgan fingerprint density at radius 2 is 1.89 bits per heavy atom. The Hall–Kier alpha value is -3.02. The molecule has 1 aromatic heterocycles. The molecule has 7 nitrogen and oxygen atoms in total. The van der Waals surface area contributed by atoms with E-state index in [1.165, 1.54) is 0 Å². The predicted octanol–water partition coefficient (Wildman–Crippen LogP) is 4.18. The van der Waals surface area contributed by atoms with E-state index in [4.69, 9.17) is 32.5 Å². The summed E-state index contributed by atoms with van der Waals surface area (Å²) >= 11 is 9.56. The van der Waals surface area contributed by atoms with Crippen molar-refractivity contribution in [2.45, 2.75) is 6.61 Å². The fraction of sp³-hybridized carbons (Fsp3) is 0.105. The van der Waals surface area contributed by atoms with Crippen molar-refractivity contribution in [2.24, 2.45) is 0 Å². The first-order chi connectivity index (χ1) is 13.4. The van der Waals surface area contributed by atoms with E-state index >= 15 is 0 Å². The van der Waals surface area contributed by atoms with Crippen LogP contribution in [0.15, 0.2) is 40.9 Å². The van der Waals surface area contributed by atoms with Gasteiger partial charge in [0.2, 0.25) is 5.95 Å². The van der Waals surface area contributed by atoms with Gasteiger partial charge in [-0.25, -0.2) is 4.98 Å². The number of nitriles is 1. The van der Waals surface area contributed by atoms with Gasteiger partial charge in [-0.3, -0.25) is 0 Å². The third-order valence-electron chi connectivity index (χ3n) is 3.90. The highest BCUT2D eigenvalue weighted by Gasteiger charge is 2.15. The van der Waals surface area contributed by atoms with E-state index in [9.17, 15) is 5.26 Å². The average Bonchev–Trinajstić information content (AvgIpc) is 2.66. The van der Waals surface area contributed by atoms with Crippen LogP contribution in [0.3, 0.4) is 0 Å². The van der Waals surface area contributed by atoms with Crippen LogP contribution in [0.25, 0.3) is 11.3 Å². The summed E-state index contributed by atoms with van der Waals surface area (Å²) in [6.07, 6.45) is 0. The number of hydrogen-bond acceptors (Lipinski definition) is 7. The van der Waals surface area contributed by atoms with Gasteiger partial charge < -0.3 is 20.9 Å². The third kappa shape index (κ3) is 4.11. The van der Waals surface area contributed by atoms with E-state index in [1.54, 1.807) is 37.4 Å². The smallest absolute Gasteiger partial charge is 0.222 e. The van der Waals surface area contributed by atoms with Crippen molar-refractivity contribution < 1.29 is 9.47 Å². The van der Waals surface area contributed by atoms with E-state index in [-0.39, 0.29) is 23.9 Å². The van der Waals surface area contributed by atoms with Gasteiger partial charge in [-0.1, -0.05) is 27.5 Å². The third-order valence-corrected chi connectivity index (χ3v) is 4.69. The Labute approximate surface area is 175 Å². The van der Waals surface area contributed by atoms with E-state index in [0.29, 0.717) is 27.8 Å². The molecule has 3 rings (SSSR count).